The maximum absolute atomic E-state index is 14.3. The van der Waals surface area contributed by atoms with Gasteiger partial charge in [-0.15, -0.1) is 0 Å². The Labute approximate surface area is 212 Å². The van der Waals surface area contributed by atoms with Gasteiger partial charge in [-0.3, -0.25) is 19.7 Å². The third-order valence-electron chi connectivity index (χ3n) is 8.02. The number of carbonyl (C=O) groups excluding carboxylic acids is 3. The standard InChI is InChI=1S/C30H23N3O4/c34-19-14-12-17(13-15-19)16-23-25-26(30(32-23)21-9-3-4-10-22(21)31-29(30)37)28(36)33(27(25)35)24-11-5-7-18-6-1-2-8-20(18)24/h1-15,23,25-26,32,34H,16H2,(H,31,37)/t23-,25-,26-,30-/m0/s1. The fourth-order valence-electron chi connectivity index (χ4n) is 6.46. The van der Waals surface area contributed by atoms with Crippen LogP contribution >= 0.6 is 0 Å². The molecule has 37 heavy (non-hydrogen) atoms. The number of aromatic hydroxyl groups is 1. The summed E-state index contributed by atoms with van der Waals surface area (Å²) < 4.78 is 0. The molecule has 7 rings (SSSR count). The van der Waals surface area contributed by atoms with Gasteiger partial charge in [0, 0.05) is 22.7 Å². The van der Waals surface area contributed by atoms with Gasteiger partial charge in [0.2, 0.25) is 17.7 Å². The van der Waals surface area contributed by atoms with Gasteiger partial charge in [0.05, 0.1) is 17.5 Å². The minimum atomic E-state index is -1.35. The first-order valence-electron chi connectivity index (χ1n) is 12.3. The summed E-state index contributed by atoms with van der Waals surface area (Å²) in [5.74, 6) is -2.49. The van der Waals surface area contributed by atoms with Crippen LogP contribution in [-0.4, -0.2) is 28.9 Å². The highest BCUT2D eigenvalue weighted by molar-refractivity contribution is 6.28. The lowest BCUT2D eigenvalue weighted by molar-refractivity contribution is -0.130. The van der Waals surface area contributed by atoms with Crippen molar-refractivity contribution in [1.29, 1.82) is 0 Å². The maximum Gasteiger partial charge on any atom is 0.250 e. The molecule has 4 aromatic carbocycles. The lowest BCUT2D eigenvalue weighted by Gasteiger charge is -2.29. The minimum absolute atomic E-state index is 0.149. The zero-order valence-corrected chi connectivity index (χ0v) is 19.7. The van der Waals surface area contributed by atoms with E-state index in [-0.39, 0.29) is 23.5 Å². The van der Waals surface area contributed by atoms with Gasteiger partial charge in [0.1, 0.15) is 11.3 Å². The summed E-state index contributed by atoms with van der Waals surface area (Å²) in [4.78, 5) is 43.4. The molecule has 182 valence electrons. The van der Waals surface area contributed by atoms with Crippen LogP contribution in [0.5, 0.6) is 5.75 Å². The normalized spacial score (nSPS) is 26.1. The van der Waals surface area contributed by atoms with E-state index in [2.05, 4.69) is 10.6 Å². The summed E-state index contributed by atoms with van der Waals surface area (Å²) in [7, 11) is 0. The number of anilines is 2. The third kappa shape index (κ3) is 2.95. The number of nitrogens with zero attached hydrogens (tertiary/aromatic N) is 1. The summed E-state index contributed by atoms with van der Waals surface area (Å²) in [6, 6.07) is 26.9. The van der Waals surface area contributed by atoms with Crippen molar-refractivity contribution in [2.45, 2.75) is 18.0 Å². The molecule has 3 heterocycles. The van der Waals surface area contributed by atoms with E-state index in [1.807, 2.05) is 60.7 Å². The van der Waals surface area contributed by atoms with Crippen LogP contribution in [0.1, 0.15) is 11.1 Å². The van der Waals surface area contributed by atoms with E-state index >= 15 is 0 Å². The molecule has 0 radical (unpaired) electrons. The number of phenolic OH excluding ortho intramolecular Hbond substituents is 1. The van der Waals surface area contributed by atoms with Crippen LogP contribution in [0.3, 0.4) is 0 Å². The van der Waals surface area contributed by atoms with E-state index in [1.54, 1.807) is 30.3 Å². The highest BCUT2D eigenvalue weighted by atomic mass is 16.3. The molecule has 3 aliphatic heterocycles. The van der Waals surface area contributed by atoms with Crippen molar-refractivity contribution in [3.8, 4) is 5.75 Å². The van der Waals surface area contributed by atoms with Crippen molar-refractivity contribution in [3.05, 3.63) is 102 Å². The van der Waals surface area contributed by atoms with Crippen LogP contribution < -0.4 is 15.5 Å². The first-order valence-corrected chi connectivity index (χ1v) is 12.3. The number of amides is 3. The molecule has 3 amide bonds. The number of benzene rings is 4. The number of hydrogen-bond donors (Lipinski definition) is 3. The summed E-state index contributed by atoms with van der Waals surface area (Å²) in [5, 5.41) is 17.9. The Morgan fingerprint density at radius 1 is 0.811 bits per heavy atom. The van der Waals surface area contributed by atoms with E-state index in [0.717, 1.165) is 16.3 Å². The van der Waals surface area contributed by atoms with E-state index in [4.69, 9.17) is 0 Å². The Balaban J connectivity index is 1.39. The molecular formula is C30H23N3O4. The molecule has 7 nitrogen and oxygen atoms in total. The fraction of sp³-hybridized carbons (Fsp3) is 0.167. The van der Waals surface area contributed by atoms with Gasteiger partial charge in [-0.25, -0.2) is 4.90 Å². The zero-order chi connectivity index (χ0) is 25.3. The highest BCUT2D eigenvalue weighted by Crippen LogP contribution is 2.54. The van der Waals surface area contributed by atoms with Gasteiger partial charge < -0.3 is 10.4 Å². The van der Waals surface area contributed by atoms with Crippen LogP contribution in [0, 0.1) is 11.8 Å². The molecule has 0 bridgehead atoms. The van der Waals surface area contributed by atoms with Gasteiger partial charge in [0.25, 0.3) is 0 Å². The quantitative estimate of drug-likeness (QED) is 0.381. The van der Waals surface area contributed by atoms with Crippen LogP contribution in [0.2, 0.25) is 0 Å². The largest absolute Gasteiger partial charge is 0.508 e. The number of nitrogens with one attached hydrogen (secondary N) is 2. The van der Waals surface area contributed by atoms with Gasteiger partial charge in [-0.2, -0.15) is 0 Å². The van der Waals surface area contributed by atoms with E-state index in [1.165, 1.54) is 4.90 Å². The number of para-hydroxylation sites is 1. The summed E-state index contributed by atoms with van der Waals surface area (Å²) in [5.41, 5.74) is 1.40. The van der Waals surface area contributed by atoms with Crippen molar-refractivity contribution < 1.29 is 19.5 Å². The molecule has 3 N–H and O–H groups in total. The average Bonchev–Trinajstić information content (AvgIpc) is 3.49. The average molecular weight is 490 g/mol. The molecule has 4 aromatic rings. The number of rotatable bonds is 3. The first-order chi connectivity index (χ1) is 18.0. The molecule has 7 heteroatoms. The Kier molecular flexibility index (Phi) is 4.56. The SMILES string of the molecule is O=C1[C@H]2[C@H](Cc3ccc(O)cc3)N[C@]3(C(=O)Nc4ccccc43)[C@@H]2C(=O)N1c1cccc2ccccc12. The number of imide groups is 1. The molecule has 2 fully saturated rings. The summed E-state index contributed by atoms with van der Waals surface area (Å²) >= 11 is 0. The first kappa shape index (κ1) is 21.8. The highest BCUT2D eigenvalue weighted by Gasteiger charge is 2.70. The van der Waals surface area contributed by atoms with E-state index in [0.29, 0.717) is 23.4 Å². The molecule has 0 aromatic heterocycles. The number of carbonyl (C=O) groups is 3. The number of fused-ring (bicyclic) bond motifs is 5. The number of hydrogen-bond acceptors (Lipinski definition) is 5. The minimum Gasteiger partial charge on any atom is -0.508 e. The summed E-state index contributed by atoms with van der Waals surface area (Å²) in [6.45, 7) is 0. The van der Waals surface area contributed by atoms with Crippen molar-refractivity contribution in [1.82, 2.24) is 5.32 Å². The van der Waals surface area contributed by atoms with Crippen LogP contribution in [0.25, 0.3) is 10.8 Å². The smallest absolute Gasteiger partial charge is 0.250 e. The van der Waals surface area contributed by atoms with Gasteiger partial charge in [0.15, 0.2) is 0 Å². The van der Waals surface area contributed by atoms with E-state index < -0.39 is 23.4 Å². The third-order valence-corrected chi connectivity index (χ3v) is 8.02. The Hall–Kier alpha value is -4.49. The van der Waals surface area contributed by atoms with Crippen LogP contribution in [0.15, 0.2) is 91.0 Å². The molecule has 0 saturated carbocycles. The predicted octanol–water partition coefficient (Wildman–Crippen LogP) is 3.71. The molecule has 1 spiro atoms. The second kappa shape index (κ2) is 7.75. The van der Waals surface area contributed by atoms with Crippen LogP contribution in [-0.2, 0) is 26.3 Å². The van der Waals surface area contributed by atoms with Crippen molar-refractivity contribution in [2.24, 2.45) is 11.8 Å². The molecule has 0 unspecified atom stereocenters. The Morgan fingerprint density at radius 2 is 1.54 bits per heavy atom. The van der Waals surface area contributed by atoms with Crippen LogP contribution in [0.4, 0.5) is 11.4 Å². The van der Waals surface area contributed by atoms with Gasteiger partial charge >= 0.3 is 0 Å². The van der Waals surface area contributed by atoms with E-state index in [9.17, 15) is 19.5 Å². The molecule has 0 aliphatic carbocycles. The number of phenols is 1. The second-order valence-corrected chi connectivity index (χ2v) is 9.94. The lowest BCUT2D eigenvalue weighted by Crippen LogP contribution is -2.53. The molecule has 4 atom stereocenters. The molecular weight excluding hydrogens is 466 g/mol. The van der Waals surface area contributed by atoms with Crippen molar-refractivity contribution in [3.63, 3.8) is 0 Å². The maximum atomic E-state index is 14.3. The molecule has 2 saturated heterocycles. The Bertz CT molecular complexity index is 1610. The zero-order valence-electron chi connectivity index (χ0n) is 19.7. The summed E-state index contributed by atoms with van der Waals surface area (Å²) in [6.07, 6.45) is 0.418. The van der Waals surface area contributed by atoms with Gasteiger partial charge in [-0.1, -0.05) is 66.7 Å². The fourth-order valence-corrected chi connectivity index (χ4v) is 6.46. The Morgan fingerprint density at radius 3 is 2.38 bits per heavy atom. The monoisotopic (exact) mass is 489 g/mol. The predicted molar refractivity (Wildman–Crippen MR) is 139 cm³/mol. The van der Waals surface area contributed by atoms with Crippen molar-refractivity contribution in [2.75, 3.05) is 10.2 Å². The second-order valence-electron chi connectivity index (χ2n) is 9.94. The van der Waals surface area contributed by atoms with Crippen molar-refractivity contribution >= 4 is 39.9 Å². The topological polar surface area (TPSA) is 98.7 Å². The van der Waals surface area contributed by atoms with Gasteiger partial charge in [-0.05, 0) is 41.6 Å². The lowest BCUT2D eigenvalue weighted by atomic mass is 9.76. The molecule has 3 aliphatic rings.